The van der Waals surface area contributed by atoms with Crippen molar-refractivity contribution in [1.29, 1.82) is 0 Å². The lowest BCUT2D eigenvalue weighted by molar-refractivity contribution is -0.122. The number of carbonyl (C=O) groups is 1. The molecule has 0 saturated carbocycles. The Morgan fingerprint density at radius 1 is 0.966 bits per heavy atom. The molecule has 2 aromatic carbocycles. The van der Waals surface area contributed by atoms with Gasteiger partial charge in [0.05, 0.1) is 5.92 Å². The zero-order valence-electron chi connectivity index (χ0n) is 15.5. The number of amides is 1. The molecule has 5 rings (SSSR count). The second-order valence-corrected chi connectivity index (χ2v) is 6.78. The molecule has 4 aromatic rings. The van der Waals surface area contributed by atoms with Gasteiger partial charge in [0.15, 0.2) is 0 Å². The minimum absolute atomic E-state index is 0.0753. The highest BCUT2D eigenvalue weighted by Crippen LogP contribution is 2.43. The van der Waals surface area contributed by atoms with Gasteiger partial charge in [0.25, 0.3) is 0 Å². The third-order valence-electron chi connectivity index (χ3n) is 5.01. The molecule has 6 nitrogen and oxygen atoms in total. The molecule has 142 valence electrons. The SMILES string of the molecule is O=C(NCc1cccnc1-n1ccnc1)C1c2ccccc2Oc2ccccc21. The van der Waals surface area contributed by atoms with Crippen LogP contribution in [0.4, 0.5) is 0 Å². The number of carbonyl (C=O) groups excluding carboxylic acids is 1. The predicted molar refractivity (Wildman–Crippen MR) is 108 cm³/mol. The van der Waals surface area contributed by atoms with Crippen LogP contribution in [-0.2, 0) is 11.3 Å². The lowest BCUT2D eigenvalue weighted by Gasteiger charge is -2.27. The normalized spacial score (nSPS) is 12.6. The average molecular weight is 382 g/mol. The highest BCUT2D eigenvalue weighted by atomic mass is 16.5. The van der Waals surface area contributed by atoms with Crippen LogP contribution >= 0.6 is 0 Å². The molecule has 0 bridgehead atoms. The van der Waals surface area contributed by atoms with Crippen LogP contribution in [0, 0.1) is 0 Å². The molecule has 0 fully saturated rings. The van der Waals surface area contributed by atoms with Gasteiger partial charge >= 0.3 is 0 Å². The summed E-state index contributed by atoms with van der Waals surface area (Å²) in [6.07, 6.45) is 6.95. The van der Waals surface area contributed by atoms with Crippen molar-refractivity contribution in [1.82, 2.24) is 19.9 Å². The second-order valence-electron chi connectivity index (χ2n) is 6.78. The van der Waals surface area contributed by atoms with Crippen LogP contribution in [0.15, 0.2) is 85.6 Å². The zero-order valence-corrected chi connectivity index (χ0v) is 15.5. The number of hydrogen-bond acceptors (Lipinski definition) is 4. The lowest BCUT2D eigenvalue weighted by atomic mass is 9.87. The first-order valence-corrected chi connectivity index (χ1v) is 9.37. The van der Waals surface area contributed by atoms with Gasteiger partial charge in [-0.25, -0.2) is 9.97 Å². The van der Waals surface area contributed by atoms with E-state index >= 15 is 0 Å². The summed E-state index contributed by atoms with van der Waals surface area (Å²) >= 11 is 0. The summed E-state index contributed by atoms with van der Waals surface area (Å²) in [6, 6.07) is 19.2. The Morgan fingerprint density at radius 2 is 1.69 bits per heavy atom. The summed E-state index contributed by atoms with van der Waals surface area (Å²) in [6.45, 7) is 0.363. The molecule has 1 N–H and O–H groups in total. The predicted octanol–water partition coefficient (Wildman–Crippen LogP) is 3.82. The molecule has 0 spiro atoms. The topological polar surface area (TPSA) is 69.0 Å². The van der Waals surface area contributed by atoms with Crippen LogP contribution in [0.25, 0.3) is 5.82 Å². The summed E-state index contributed by atoms with van der Waals surface area (Å²) in [5.41, 5.74) is 2.64. The van der Waals surface area contributed by atoms with Crippen molar-refractivity contribution in [3.63, 3.8) is 0 Å². The maximum Gasteiger partial charge on any atom is 0.232 e. The van der Waals surface area contributed by atoms with Gasteiger partial charge in [-0.15, -0.1) is 0 Å². The molecule has 29 heavy (non-hydrogen) atoms. The first kappa shape index (κ1) is 17.2. The van der Waals surface area contributed by atoms with E-state index < -0.39 is 5.92 Å². The number of hydrogen-bond donors (Lipinski definition) is 1. The van der Waals surface area contributed by atoms with Crippen molar-refractivity contribution in [2.75, 3.05) is 0 Å². The molecule has 6 heteroatoms. The third kappa shape index (κ3) is 3.14. The largest absolute Gasteiger partial charge is 0.457 e. The maximum absolute atomic E-state index is 13.3. The van der Waals surface area contributed by atoms with Gasteiger partial charge in [-0.3, -0.25) is 9.36 Å². The fourth-order valence-corrected chi connectivity index (χ4v) is 3.66. The van der Waals surface area contributed by atoms with Crippen LogP contribution in [0.3, 0.4) is 0 Å². The van der Waals surface area contributed by atoms with E-state index in [0.29, 0.717) is 18.0 Å². The number of rotatable bonds is 4. The number of ether oxygens (including phenoxy) is 1. The molecule has 0 saturated heterocycles. The molecule has 1 amide bonds. The van der Waals surface area contributed by atoms with Gasteiger partial charge in [-0.1, -0.05) is 42.5 Å². The summed E-state index contributed by atoms with van der Waals surface area (Å²) in [4.78, 5) is 21.8. The van der Waals surface area contributed by atoms with Crippen molar-refractivity contribution in [2.45, 2.75) is 12.5 Å². The van der Waals surface area contributed by atoms with E-state index in [1.54, 1.807) is 18.7 Å². The van der Waals surface area contributed by atoms with Crippen LogP contribution in [0.1, 0.15) is 22.6 Å². The number of aromatic nitrogens is 3. The number of pyridine rings is 1. The summed E-state index contributed by atoms with van der Waals surface area (Å²) in [5, 5.41) is 3.08. The fraction of sp³-hybridized carbons (Fsp3) is 0.0870. The third-order valence-corrected chi connectivity index (χ3v) is 5.01. The van der Waals surface area contributed by atoms with Gasteiger partial charge in [-0.05, 0) is 18.2 Å². The summed E-state index contributed by atoms with van der Waals surface area (Å²) in [5.74, 6) is 1.68. The van der Waals surface area contributed by atoms with Gasteiger partial charge in [0.1, 0.15) is 23.6 Å². The number of fused-ring (bicyclic) bond motifs is 2. The molecule has 3 heterocycles. The minimum atomic E-state index is -0.426. The van der Waals surface area contributed by atoms with Crippen LogP contribution < -0.4 is 10.1 Å². The Morgan fingerprint density at radius 3 is 2.38 bits per heavy atom. The molecule has 0 radical (unpaired) electrons. The standard InChI is InChI=1S/C23H18N4O2/c28-23(26-14-16-6-5-11-25-22(16)27-13-12-24-15-27)21-17-7-1-3-9-19(17)29-20-10-4-2-8-18(20)21/h1-13,15,21H,14H2,(H,26,28). The Bertz CT molecular complexity index is 1130. The van der Waals surface area contributed by atoms with Crippen molar-refractivity contribution in [3.8, 4) is 17.3 Å². The number of benzene rings is 2. The number of imidazole rings is 1. The van der Waals surface area contributed by atoms with Crippen molar-refractivity contribution in [2.24, 2.45) is 0 Å². The van der Waals surface area contributed by atoms with Crippen molar-refractivity contribution < 1.29 is 9.53 Å². The molecule has 1 aliphatic heterocycles. The second kappa shape index (κ2) is 7.24. The fourth-order valence-electron chi connectivity index (χ4n) is 3.66. The van der Waals surface area contributed by atoms with Gasteiger partial charge in [0.2, 0.25) is 5.91 Å². The quantitative estimate of drug-likeness (QED) is 0.583. The average Bonchev–Trinajstić information content (AvgIpc) is 3.31. The Labute approximate surface area is 167 Å². The van der Waals surface area contributed by atoms with Gasteiger partial charge in [-0.2, -0.15) is 0 Å². The van der Waals surface area contributed by atoms with E-state index in [4.69, 9.17) is 4.74 Å². The first-order chi connectivity index (χ1) is 14.3. The number of nitrogens with one attached hydrogen (secondary N) is 1. The van der Waals surface area contributed by atoms with E-state index in [0.717, 1.165) is 22.5 Å². The highest BCUT2D eigenvalue weighted by molar-refractivity contribution is 5.89. The Hall–Kier alpha value is -3.93. The molecule has 0 atom stereocenters. The summed E-state index contributed by atoms with van der Waals surface area (Å²) < 4.78 is 7.82. The number of nitrogens with zero attached hydrogens (tertiary/aromatic N) is 3. The maximum atomic E-state index is 13.3. The van der Waals surface area contributed by atoms with Crippen molar-refractivity contribution >= 4 is 5.91 Å². The van der Waals surface area contributed by atoms with Crippen LogP contribution in [0.5, 0.6) is 11.5 Å². The van der Waals surface area contributed by atoms with E-state index in [9.17, 15) is 4.79 Å². The zero-order chi connectivity index (χ0) is 19.6. The Kier molecular flexibility index (Phi) is 4.29. The van der Waals surface area contributed by atoms with E-state index in [1.165, 1.54) is 0 Å². The molecule has 0 unspecified atom stereocenters. The molecule has 1 aliphatic rings. The van der Waals surface area contributed by atoms with E-state index in [1.807, 2.05) is 71.4 Å². The van der Waals surface area contributed by atoms with Crippen LogP contribution in [0.2, 0.25) is 0 Å². The van der Waals surface area contributed by atoms with E-state index in [-0.39, 0.29) is 5.91 Å². The lowest BCUT2D eigenvalue weighted by Crippen LogP contribution is -2.31. The van der Waals surface area contributed by atoms with Gasteiger partial charge < -0.3 is 10.1 Å². The molecule has 2 aromatic heterocycles. The van der Waals surface area contributed by atoms with Crippen molar-refractivity contribution in [3.05, 3.63) is 102 Å². The van der Waals surface area contributed by atoms with E-state index in [2.05, 4.69) is 15.3 Å². The van der Waals surface area contributed by atoms with Crippen LogP contribution in [-0.4, -0.2) is 20.4 Å². The minimum Gasteiger partial charge on any atom is -0.457 e. The van der Waals surface area contributed by atoms with Gasteiger partial charge in [0, 0.05) is 41.8 Å². The first-order valence-electron chi connectivity index (χ1n) is 9.37. The Balaban J connectivity index is 1.44. The summed E-state index contributed by atoms with van der Waals surface area (Å²) in [7, 11) is 0. The smallest absolute Gasteiger partial charge is 0.232 e. The molecular weight excluding hydrogens is 364 g/mol. The highest BCUT2D eigenvalue weighted by Gasteiger charge is 2.32. The molecule has 0 aliphatic carbocycles. The number of para-hydroxylation sites is 2. The molecular formula is C23H18N4O2. The monoisotopic (exact) mass is 382 g/mol.